The van der Waals surface area contributed by atoms with E-state index in [0.29, 0.717) is 6.61 Å². The van der Waals surface area contributed by atoms with Gasteiger partial charge in [-0.15, -0.1) is 0 Å². The van der Waals surface area contributed by atoms with Crippen LogP contribution in [0.25, 0.3) is 0 Å². The molecule has 0 saturated carbocycles. The maximum Gasteiger partial charge on any atom is 0.243 e. The molecule has 0 aromatic heterocycles. The molecule has 1 saturated heterocycles. The van der Waals surface area contributed by atoms with E-state index < -0.39 is 10.0 Å². The highest BCUT2D eigenvalue weighted by Gasteiger charge is 2.32. The van der Waals surface area contributed by atoms with E-state index in [4.69, 9.17) is 4.74 Å². The Kier molecular flexibility index (Phi) is 6.70. The molecule has 1 fully saturated rings. The Morgan fingerprint density at radius 1 is 1.45 bits per heavy atom. The lowest BCUT2D eigenvalue weighted by atomic mass is 10.2. The van der Waals surface area contributed by atoms with Crippen molar-refractivity contribution in [3.8, 4) is 0 Å². The first-order valence-electron chi connectivity index (χ1n) is 7.38. The van der Waals surface area contributed by atoms with Crippen molar-refractivity contribution in [3.63, 3.8) is 0 Å². The zero-order chi connectivity index (χ0) is 16.0. The lowest BCUT2D eigenvalue weighted by molar-refractivity contribution is 0.184. The van der Waals surface area contributed by atoms with Gasteiger partial charge in [0.25, 0.3) is 0 Å². The first-order chi connectivity index (χ1) is 10.6. The molecule has 1 aliphatic rings. The summed E-state index contributed by atoms with van der Waals surface area (Å²) in [4.78, 5) is 0.270. The molecule has 0 bridgehead atoms. The SMILES string of the molecule is COCc1cccc(S(=O)(=O)N(CCO)[C@@H]2CCCSC2)c1. The predicted molar refractivity (Wildman–Crippen MR) is 88.5 cm³/mol. The molecular formula is C15H23NO4S2. The number of thioether (sulfide) groups is 1. The monoisotopic (exact) mass is 345 g/mol. The fraction of sp³-hybridized carbons (Fsp3) is 0.600. The van der Waals surface area contributed by atoms with Crippen molar-refractivity contribution in [3.05, 3.63) is 29.8 Å². The van der Waals surface area contributed by atoms with Crippen LogP contribution >= 0.6 is 11.8 Å². The highest BCUT2D eigenvalue weighted by atomic mass is 32.2. The molecule has 2 rings (SSSR count). The van der Waals surface area contributed by atoms with Gasteiger partial charge < -0.3 is 9.84 Å². The van der Waals surface area contributed by atoms with Crippen molar-refractivity contribution in [2.45, 2.75) is 30.4 Å². The van der Waals surface area contributed by atoms with Crippen LogP contribution in [-0.4, -0.2) is 55.6 Å². The maximum absolute atomic E-state index is 12.9. The maximum atomic E-state index is 12.9. The zero-order valence-electron chi connectivity index (χ0n) is 12.8. The molecule has 124 valence electrons. The quantitative estimate of drug-likeness (QED) is 0.815. The number of nitrogens with zero attached hydrogens (tertiary/aromatic N) is 1. The van der Waals surface area contributed by atoms with Crippen LogP contribution in [0, 0.1) is 0 Å². The molecular weight excluding hydrogens is 322 g/mol. The number of rotatable bonds is 7. The molecule has 1 aliphatic heterocycles. The lowest BCUT2D eigenvalue weighted by Crippen LogP contribution is -2.44. The summed E-state index contributed by atoms with van der Waals surface area (Å²) in [6.45, 7) is 0.350. The largest absolute Gasteiger partial charge is 0.395 e. The Morgan fingerprint density at radius 3 is 2.91 bits per heavy atom. The van der Waals surface area contributed by atoms with Crippen LogP contribution in [0.15, 0.2) is 29.2 Å². The number of methoxy groups -OCH3 is 1. The van der Waals surface area contributed by atoms with Gasteiger partial charge in [-0.05, 0) is 36.3 Å². The number of aliphatic hydroxyl groups excluding tert-OH is 1. The third-order valence-electron chi connectivity index (χ3n) is 3.68. The third-order valence-corrected chi connectivity index (χ3v) is 6.83. The van der Waals surface area contributed by atoms with E-state index in [9.17, 15) is 13.5 Å². The van der Waals surface area contributed by atoms with Crippen LogP contribution in [0.2, 0.25) is 0 Å². The zero-order valence-corrected chi connectivity index (χ0v) is 14.4. The van der Waals surface area contributed by atoms with Crippen molar-refractivity contribution >= 4 is 21.8 Å². The van der Waals surface area contributed by atoms with E-state index in [1.165, 1.54) is 4.31 Å². The molecule has 1 heterocycles. The summed E-state index contributed by atoms with van der Waals surface area (Å²) in [5.41, 5.74) is 0.825. The molecule has 0 unspecified atom stereocenters. The number of benzene rings is 1. The average Bonchev–Trinajstić information content (AvgIpc) is 2.54. The Hall–Kier alpha value is -0.600. The smallest absolute Gasteiger partial charge is 0.243 e. The normalized spacial score (nSPS) is 19.5. The summed E-state index contributed by atoms with van der Waals surface area (Å²) in [5.74, 6) is 1.86. The van der Waals surface area contributed by atoms with E-state index in [0.717, 1.165) is 29.9 Å². The van der Waals surface area contributed by atoms with Gasteiger partial charge >= 0.3 is 0 Å². The fourth-order valence-electron chi connectivity index (χ4n) is 2.65. The van der Waals surface area contributed by atoms with Crippen molar-refractivity contribution < 1.29 is 18.3 Å². The Bertz CT molecular complexity index is 571. The standard InChI is InChI=1S/C15H23NO4S2/c1-20-11-13-4-2-6-15(10-13)22(18,19)16(7-8-17)14-5-3-9-21-12-14/h2,4,6,10,14,17H,3,5,7-9,11-12H2,1H3/t14-/m1/s1. The minimum atomic E-state index is -3.60. The van der Waals surface area contributed by atoms with Crippen molar-refractivity contribution in [2.75, 3.05) is 31.8 Å². The Labute approximate surface area is 136 Å². The van der Waals surface area contributed by atoms with Gasteiger partial charge in [0.1, 0.15) is 0 Å². The molecule has 0 amide bonds. The van der Waals surface area contributed by atoms with Gasteiger partial charge in [-0.2, -0.15) is 16.1 Å². The van der Waals surface area contributed by atoms with Gasteiger partial charge in [-0.1, -0.05) is 12.1 Å². The lowest BCUT2D eigenvalue weighted by Gasteiger charge is -2.32. The van der Waals surface area contributed by atoms with Crippen LogP contribution in [-0.2, 0) is 21.4 Å². The van der Waals surface area contributed by atoms with Crippen molar-refractivity contribution in [1.82, 2.24) is 4.31 Å². The molecule has 1 atom stereocenters. The number of hydrogen-bond donors (Lipinski definition) is 1. The van der Waals surface area contributed by atoms with Gasteiger partial charge in [0.05, 0.1) is 18.1 Å². The van der Waals surface area contributed by atoms with Crippen molar-refractivity contribution in [2.24, 2.45) is 0 Å². The minimum Gasteiger partial charge on any atom is -0.395 e. The Morgan fingerprint density at radius 2 is 2.27 bits per heavy atom. The predicted octanol–water partition coefficient (Wildman–Crippen LogP) is 1.71. The van der Waals surface area contributed by atoms with Crippen LogP contribution in [0.3, 0.4) is 0 Å². The molecule has 1 aromatic rings. The Balaban J connectivity index is 2.29. The number of aliphatic hydroxyl groups is 1. The summed E-state index contributed by atoms with van der Waals surface area (Å²) < 4.78 is 32.4. The van der Waals surface area contributed by atoms with E-state index >= 15 is 0 Å². The molecule has 1 aromatic carbocycles. The molecule has 0 aliphatic carbocycles. The van der Waals surface area contributed by atoms with Crippen LogP contribution < -0.4 is 0 Å². The molecule has 0 spiro atoms. The molecule has 1 N–H and O–H groups in total. The molecule has 7 heteroatoms. The minimum absolute atomic E-state index is 0.0398. The van der Waals surface area contributed by atoms with Gasteiger partial charge in [-0.3, -0.25) is 0 Å². The third kappa shape index (κ3) is 4.23. The molecule has 5 nitrogen and oxygen atoms in total. The van der Waals surface area contributed by atoms with Crippen LogP contribution in [0.4, 0.5) is 0 Å². The topological polar surface area (TPSA) is 66.8 Å². The van der Waals surface area contributed by atoms with Gasteiger partial charge in [0.2, 0.25) is 10.0 Å². The second kappa shape index (κ2) is 8.31. The molecule has 0 radical (unpaired) electrons. The van der Waals surface area contributed by atoms with Crippen molar-refractivity contribution in [1.29, 1.82) is 0 Å². The van der Waals surface area contributed by atoms with E-state index in [-0.39, 0.29) is 24.1 Å². The van der Waals surface area contributed by atoms with E-state index in [2.05, 4.69) is 0 Å². The van der Waals surface area contributed by atoms with Gasteiger partial charge in [0.15, 0.2) is 0 Å². The average molecular weight is 345 g/mol. The van der Waals surface area contributed by atoms with Crippen LogP contribution in [0.5, 0.6) is 0 Å². The number of hydrogen-bond acceptors (Lipinski definition) is 5. The van der Waals surface area contributed by atoms with E-state index in [1.807, 2.05) is 6.07 Å². The van der Waals surface area contributed by atoms with Gasteiger partial charge in [0, 0.05) is 25.4 Å². The highest BCUT2D eigenvalue weighted by molar-refractivity contribution is 7.99. The highest BCUT2D eigenvalue weighted by Crippen LogP contribution is 2.27. The summed E-state index contributed by atoms with van der Waals surface area (Å²) in [6, 6.07) is 6.79. The molecule has 22 heavy (non-hydrogen) atoms. The first-order valence-corrected chi connectivity index (χ1v) is 9.97. The van der Waals surface area contributed by atoms with E-state index in [1.54, 1.807) is 37.1 Å². The fourth-order valence-corrected chi connectivity index (χ4v) is 5.61. The summed E-state index contributed by atoms with van der Waals surface area (Å²) in [5, 5.41) is 9.28. The number of ether oxygens (including phenoxy) is 1. The summed E-state index contributed by atoms with van der Waals surface area (Å²) in [7, 11) is -2.02. The second-order valence-electron chi connectivity index (χ2n) is 5.29. The second-order valence-corrected chi connectivity index (χ2v) is 8.33. The van der Waals surface area contributed by atoms with Crippen LogP contribution in [0.1, 0.15) is 18.4 Å². The summed E-state index contributed by atoms with van der Waals surface area (Å²) >= 11 is 1.77. The number of sulfonamides is 1. The van der Waals surface area contributed by atoms with Gasteiger partial charge in [-0.25, -0.2) is 8.42 Å². The summed E-state index contributed by atoms with van der Waals surface area (Å²) in [6.07, 6.45) is 1.86. The first kappa shape index (κ1) is 17.7.